The molecule has 2 aliphatic rings. The van der Waals surface area contributed by atoms with E-state index in [1.807, 2.05) is 64.4 Å². The molecule has 2 aromatic carbocycles. The Hall–Kier alpha value is -2.86. The van der Waals surface area contributed by atoms with Crippen LogP contribution < -0.4 is 4.74 Å². The molecule has 2 fully saturated rings. The van der Waals surface area contributed by atoms with E-state index in [-0.39, 0.29) is 11.8 Å². The van der Waals surface area contributed by atoms with Crippen molar-refractivity contribution < 1.29 is 14.3 Å². The van der Waals surface area contributed by atoms with Crippen LogP contribution in [0.5, 0.6) is 5.75 Å². The average molecular weight is 408 g/mol. The summed E-state index contributed by atoms with van der Waals surface area (Å²) in [5.41, 5.74) is 1.73. The van der Waals surface area contributed by atoms with Crippen LogP contribution in [0.1, 0.15) is 28.8 Å². The van der Waals surface area contributed by atoms with Crippen LogP contribution in [0.2, 0.25) is 0 Å². The lowest BCUT2D eigenvalue weighted by atomic mass is 10.1. The average Bonchev–Trinajstić information content (AvgIpc) is 3.19. The summed E-state index contributed by atoms with van der Waals surface area (Å²) in [5, 5.41) is 0. The summed E-state index contributed by atoms with van der Waals surface area (Å²) in [7, 11) is 0. The minimum atomic E-state index is 0.0739. The molecule has 0 spiro atoms. The lowest BCUT2D eigenvalue weighted by molar-refractivity contribution is -0.128. The predicted molar refractivity (Wildman–Crippen MR) is 115 cm³/mol. The first kappa shape index (κ1) is 20.4. The highest BCUT2D eigenvalue weighted by atomic mass is 16.5. The summed E-state index contributed by atoms with van der Waals surface area (Å²) in [4.78, 5) is 31.0. The Morgan fingerprint density at radius 2 is 1.73 bits per heavy atom. The van der Waals surface area contributed by atoms with E-state index in [9.17, 15) is 9.59 Å². The number of carbonyl (C=O) groups excluding carboxylic acids is 2. The summed E-state index contributed by atoms with van der Waals surface area (Å²) in [5.74, 6) is 1.17. The van der Waals surface area contributed by atoms with Gasteiger partial charge >= 0.3 is 0 Å². The molecule has 2 heterocycles. The van der Waals surface area contributed by atoms with Crippen LogP contribution >= 0.6 is 0 Å². The minimum absolute atomic E-state index is 0.0739. The van der Waals surface area contributed by atoms with Crippen molar-refractivity contribution in [1.29, 1.82) is 0 Å². The summed E-state index contributed by atoms with van der Waals surface area (Å²) in [6.45, 7) is 6.06. The van der Waals surface area contributed by atoms with Gasteiger partial charge in [0.15, 0.2) is 0 Å². The van der Waals surface area contributed by atoms with Gasteiger partial charge < -0.3 is 14.5 Å². The van der Waals surface area contributed by atoms with E-state index in [4.69, 9.17) is 4.74 Å². The highest BCUT2D eigenvalue weighted by Gasteiger charge is 2.23. The van der Waals surface area contributed by atoms with Gasteiger partial charge in [0.25, 0.3) is 5.91 Å². The van der Waals surface area contributed by atoms with Crippen LogP contribution in [-0.4, -0.2) is 72.4 Å². The molecular formula is C24H29N3O3. The fourth-order valence-corrected chi connectivity index (χ4v) is 4.06. The Bertz CT molecular complexity index is 863. The lowest BCUT2D eigenvalue weighted by Gasteiger charge is -2.34. The first-order valence-electron chi connectivity index (χ1n) is 10.8. The number of likely N-dealkylation sites (tertiary alicyclic amines) is 1. The van der Waals surface area contributed by atoms with E-state index in [1.165, 1.54) is 0 Å². The summed E-state index contributed by atoms with van der Waals surface area (Å²) >= 11 is 0. The van der Waals surface area contributed by atoms with Gasteiger partial charge in [-0.05, 0) is 36.2 Å². The van der Waals surface area contributed by atoms with E-state index in [0.717, 1.165) is 57.0 Å². The van der Waals surface area contributed by atoms with E-state index >= 15 is 0 Å². The van der Waals surface area contributed by atoms with Crippen molar-refractivity contribution in [3.8, 4) is 5.75 Å². The molecular weight excluding hydrogens is 378 g/mol. The molecule has 0 bridgehead atoms. The summed E-state index contributed by atoms with van der Waals surface area (Å²) in [6, 6.07) is 17.6. The zero-order valence-electron chi connectivity index (χ0n) is 17.3. The zero-order valence-corrected chi connectivity index (χ0v) is 17.3. The second kappa shape index (κ2) is 9.76. The van der Waals surface area contributed by atoms with Crippen molar-refractivity contribution in [3.05, 3.63) is 65.7 Å². The maximum Gasteiger partial charge on any atom is 0.253 e. The molecule has 6 nitrogen and oxygen atoms in total. The van der Waals surface area contributed by atoms with Gasteiger partial charge in [0.1, 0.15) is 12.4 Å². The van der Waals surface area contributed by atoms with Crippen LogP contribution in [0.15, 0.2) is 54.6 Å². The Morgan fingerprint density at radius 3 is 2.47 bits per heavy atom. The van der Waals surface area contributed by atoms with Crippen LogP contribution in [0.4, 0.5) is 0 Å². The third-order valence-electron chi connectivity index (χ3n) is 5.80. The van der Waals surface area contributed by atoms with Crippen molar-refractivity contribution in [1.82, 2.24) is 14.7 Å². The van der Waals surface area contributed by atoms with E-state index in [0.29, 0.717) is 25.1 Å². The van der Waals surface area contributed by atoms with Crippen molar-refractivity contribution in [2.45, 2.75) is 19.4 Å². The van der Waals surface area contributed by atoms with Gasteiger partial charge in [-0.3, -0.25) is 14.5 Å². The normalized spacial score (nSPS) is 17.4. The van der Waals surface area contributed by atoms with Crippen molar-refractivity contribution in [2.24, 2.45) is 0 Å². The van der Waals surface area contributed by atoms with Gasteiger partial charge in [0.05, 0.1) is 0 Å². The number of nitrogens with zero attached hydrogens (tertiary/aromatic N) is 3. The smallest absolute Gasteiger partial charge is 0.253 e. The maximum absolute atomic E-state index is 13.0. The number of benzene rings is 2. The highest BCUT2D eigenvalue weighted by molar-refractivity contribution is 5.94. The molecule has 2 aliphatic heterocycles. The van der Waals surface area contributed by atoms with Crippen molar-refractivity contribution in [3.63, 3.8) is 0 Å². The molecule has 0 N–H and O–H groups in total. The minimum Gasteiger partial charge on any atom is -0.492 e. The first-order chi connectivity index (χ1) is 14.7. The third kappa shape index (κ3) is 5.19. The molecule has 30 heavy (non-hydrogen) atoms. The number of para-hydroxylation sites is 1. The zero-order chi connectivity index (χ0) is 20.8. The molecule has 0 radical (unpaired) electrons. The molecule has 2 saturated heterocycles. The Kier molecular flexibility index (Phi) is 6.64. The number of carbonyl (C=O) groups is 2. The summed E-state index contributed by atoms with van der Waals surface area (Å²) < 4.78 is 5.78. The fourth-order valence-electron chi connectivity index (χ4n) is 4.06. The molecule has 0 atom stereocenters. The number of piperazine rings is 1. The van der Waals surface area contributed by atoms with Gasteiger partial charge in [-0.25, -0.2) is 0 Å². The number of ether oxygens (including phenoxy) is 1. The largest absolute Gasteiger partial charge is 0.492 e. The van der Waals surface area contributed by atoms with Crippen molar-refractivity contribution >= 4 is 11.8 Å². The maximum atomic E-state index is 13.0. The van der Waals surface area contributed by atoms with Crippen LogP contribution in [0.25, 0.3) is 0 Å². The monoisotopic (exact) mass is 407 g/mol. The third-order valence-corrected chi connectivity index (χ3v) is 5.80. The quantitative estimate of drug-likeness (QED) is 0.708. The highest BCUT2D eigenvalue weighted by Crippen LogP contribution is 2.17. The molecule has 6 heteroatoms. The molecule has 0 saturated carbocycles. The van der Waals surface area contributed by atoms with Gasteiger partial charge in [-0.15, -0.1) is 0 Å². The first-order valence-corrected chi connectivity index (χ1v) is 10.8. The number of hydrogen-bond acceptors (Lipinski definition) is 4. The van der Waals surface area contributed by atoms with Gasteiger partial charge in [0.2, 0.25) is 5.91 Å². The molecule has 2 aromatic rings. The van der Waals surface area contributed by atoms with Gasteiger partial charge in [-0.2, -0.15) is 0 Å². The molecule has 158 valence electrons. The molecule has 0 aromatic heterocycles. The van der Waals surface area contributed by atoms with Gasteiger partial charge in [0, 0.05) is 57.8 Å². The SMILES string of the molecule is O=C1CCCN1Cc1cccc(C(=O)N2CCN(CCOc3ccccc3)CC2)c1. The Balaban J connectivity index is 1.25. The molecule has 2 amide bonds. The molecule has 0 unspecified atom stereocenters. The second-order valence-corrected chi connectivity index (χ2v) is 7.91. The topological polar surface area (TPSA) is 53.1 Å². The number of rotatable bonds is 7. The van der Waals surface area contributed by atoms with Crippen LogP contribution in [-0.2, 0) is 11.3 Å². The Morgan fingerprint density at radius 1 is 0.933 bits per heavy atom. The van der Waals surface area contributed by atoms with E-state index in [2.05, 4.69) is 4.90 Å². The summed E-state index contributed by atoms with van der Waals surface area (Å²) in [6.07, 6.45) is 1.57. The molecule has 4 rings (SSSR count). The molecule has 0 aliphatic carbocycles. The number of amides is 2. The Labute approximate surface area is 178 Å². The second-order valence-electron chi connectivity index (χ2n) is 7.91. The van der Waals surface area contributed by atoms with Crippen LogP contribution in [0.3, 0.4) is 0 Å². The van der Waals surface area contributed by atoms with Crippen molar-refractivity contribution in [2.75, 3.05) is 45.9 Å². The van der Waals surface area contributed by atoms with Crippen LogP contribution in [0, 0.1) is 0 Å². The predicted octanol–water partition coefficient (Wildman–Crippen LogP) is 2.65. The lowest BCUT2D eigenvalue weighted by Crippen LogP contribution is -2.49. The fraction of sp³-hybridized carbons (Fsp3) is 0.417. The number of hydrogen-bond donors (Lipinski definition) is 0. The standard InChI is InChI=1S/C24H29N3O3/c28-23-10-5-11-27(23)19-20-6-4-7-21(18-20)24(29)26-14-12-25(13-15-26)16-17-30-22-8-2-1-3-9-22/h1-4,6-9,18H,5,10-17,19H2. The van der Waals surface area contributed by atoms with E-state index in [1.54, 1.807) is 0 Å². The van der Waals surface area contributed by atoms with E-state index < -0.39 is 0 Å². The van der Waals surface area contributed by atoms with Gasteiger partial charge in [-0.1, -0.05) is 30.3 Å².